The Morgan fingerprint density at radius 1 is 0.760 bits per heavy atom. The number of rotatable bonds is 12. The summed E-state index contributed by atoms with van der Waals surface area (Å²) in [5, 5.41) is 2.75. The molecular formula is C22H36ClNO. The number of hydrogen-bond acceptors (Lipinski definition) is 1. The van der Waals surface area contributed by atoms with Gasteiger partial charge < -0.3 is 5.32 Å². The smallest absolute Gasteiger partial charge is 0.235 e. The van der Waals surface area contributed by atoms with Gasteiger partial charge in [-0.05, 0) is 73.1 Å². The third-order valence-electron chi connectivity index (χ3n) is 4.03. The highest BCUT2D eigenvalue weighted by Gasteiger charge is 1.96. The van der Waals surface area contributed by atoms with Gasteiger partial charge in [0.1, 0.15) is 5.88 Å². The average Bonchev–Trinajstić information content (AvgIpc) is 2.54. The van der Waals surface area contributed by atoms with E-state index in [0.29, 0.717) is 6.54 Å². The summed E-state index contributed by atoms with van der Waals surface area (Å²) in [6.07, 6.45) is 15.7. The Morgan fingerprint density at radius 3 is 1.64 bits per heavy atom. The summed E-state index contributed by atoms with van der Waals surface area (Å²) >= 11 is 5.44. The third-order valence-corrected chi connectivity index (χ3v) is 4.27. The van der Waals surface area contributed by atoms with Crippen LogP contribution in [0.15, 0.2) is 46.6 Å². The van der Waals surface area contributed by atoms with Crippen molar-refractivity contribution in [3.63, 3.8) is 0 Å². The van der Waals surface area contributed by atoms with E-state index in [1.807, 2.05) is 0 Å². The van der Waals surface area contributed by atoms with Crippen LogP contribution in [0.1, 0.15) is 73.1 Å². The van der Waals surface area contributed by atoms with Crippen LogP contribution >= 0.6 is 11.6 Å². The highest BCUT2D eigenvalue weighted by atomic mass is 35.5. The number of alkyl halides is 1. The first-order valence-corrected chi connectivity index (χ1v) is 9.81. The Morgan fingerprint density at radius 2 is 1.20 bits per heavy atom. The Hall–Kier alpha value is -1.28. The molecule has 0 radical (unpaired) electrons. The molecule has 0 aromatic rings. The Labute approximate surface area is 160 Å². The van der Waals surface area contributed by atoms with Crippen LogP contribution in [0, 0.1) is 0 Å². The number of nitrogens with one attached hydrogen (secondary N) is 1. The standard InChI is InChI=1S/C22H36ClNO/c1-18(2)9-6-10-19(3)11-7-12-20(4)13-8-14-21(5)15-16-24-22(25)17-23/h9,11,13,15H,6-8,10,12,14,16-17H2,1-5H3,(H,24,25)/b19-11+,20-13+,21-15+. The molecule has 0 rings (SSSR count). The Balaban J connectivity index is 3.99. The number of allylic oxidation sites excluding steroid dienone is 7. The van der Waals surface area contributed by atoms with Crippen LogP contribution in [0.4, 0.5) is 0 Å². The molecule has 0 fully saturated rings. The lowest BCUT2D eigenvalue weighted by molar-refractivity contribution is -0.118. The Kier molecular flexibility index (Phi) is 14.2. The van der Waals surface area contributed by atoms with Crippen molar-refractivity contribution < 1.29 is 4.79 Å². The molecule has 2 nitrogen and oxygen atoms in total. The van der Waals surface area contributed by atoms with Crippen LogP contribution < -0.4 is 5.32 Å². The van der Waals surface area contributed by atoms with Crippen LogP contribution in [0.25, 0.3) is 0 Å². The van der Waals surface area contributed by atoms with Crippen molar-refractivity contribution in [2.24, 2.45) is 0 Å². The molecule has 0 atom stereocenters. The predicted molar refractivity (Wildman–Crippen MR) is 112 cm³/mol. The molecule has 0 saturated carbocycles. The maximum absolute atomic E-state index is 11.0. The number of hydrogen-bond donors (Lipinski definition) is 1. The Bertz CT molecular complexity index is 508. The lowest BCUT2D eigenvalue weighted by Crippen LogP contribution is -2.24. The van der Waals surface area contributed by atoms with E-state index in [4.69, 9.17) is 11.6 Å². The van der Waals surface area contributed by atoms with Crippen LogP contribution in [0.2, 0.25) is 0 Å². The first-order chi connectivity index (χ1) is 11.8. The van der Waals surface area contributed by atoms with Gasteiger partial charge in [-0.1, -0.05) is 46.6 Å². The van der Waals surface area contributed by atoms with Gasteiger partial charge in [-0.3, -0.25) is 4.79 Å². The number of carbonyl (C=O) groups excluding carboxylic acids is 1. The molecule has 0 aromatic carbocycles. The lowest BCUT2D eigenvalue weighted by atomic mass is 10.0. The van der Waals surface area contributed by atoms with Gasteiger partial charge in [0, 0.05) is 6.54 Å². The molecular weight excluding hydrogens is 330 g/mol. The fraction of sp³-hybridized carbons (Fsp3) is 0.591. The van der Waals surface area contributed by atoms with Gasteiger partial charge in [-0.2, -0.15) is 0 Å². The van der Waals surface area contributed by atoms with Crippen molar-refractivity contribution in [2.75, 3.05) is 12.4 Å². The zero-order valence-electron chi connectivity index (χ0n) is 16.8. The monoisotopic (exact) mass is 365 g/mol. The molecule has 1 amide bonds. The van der Waals surface area contributed by atoms with Crippen molar-refractivity contribution in [3.8, 4) is 0 Å². The molecule has 0 aromatic heterocycles. The van der Waals surface area contributed by atoms with Gasteiger partial charge in [0.05, 0.1) is 0 Å². The normalized spacial score (nSPS) is 13.0. The summed E-state index contributed by atoms with van der Waals surface area (Å²) in [6, 6.07) is 0. The van der Waals surface area contributed by atoms with Crippen molar-refractivity contribution in [1.29, 1.82) is 0 Å². The van der Waals surface area contributed by atoms with Crippen LogP contribution in [-0.4, -0.2) is 18.3 Å². The second kappa shape index (κ2) is 15.0. The summed E-state index contributed by atoms with van der Waals surface area (Å²) in [7, 11) is 0. The molecule has 1 N–H and O–H groups in total. The van der Waals surface area contributed by atoms with E-state index in [1.165, 1.54) is 22.3 Å². The van der Waals surface area contributed by atoms with Crippen LogP contribution in [0.5, 0.6) is 0 Å². The summed E-state index contributed by atoms with van der Waals surface area (Å²) in [5.74, 6) is -0.0943. The molecule has 0 aliphatic rings. The molecule has 0 spiro atoms. The van der Waals surface area contributed by atoms with E-state index in [1.54, 1.807) is 0 Å². The van der Waals surface area contributed by atoms with Crippen molar-refractivity contribution in [2.45, 2.75) is 73.1 Å². The summed E-state index contributed by atoms with van der Waals surface area (Å²) in [4.78, 5) is 11.0. The molecule has 0 heterocycles. The first-order valence-electron chi connectivity index (χ1n) is 9.28. The van der Waals surface area contributed by atoms with Gasteiger partial charge in [0.25, 0.3) is 0 Å². The fourth-order valence-electron chi connectivity index (χ4n) is 2.37. The maximum Gasteiger partial charge on any atom is 0.235 e. The van der Waals surface area contributed by atoms with Crippen molar-refractivity contribution in [3.05, 3.63) is 46.6 Å². The van der Waals surface area contributed by atoms with Crippen molar-refractivity contribution in [1.82, 2.24) is 5.32 Å². The minimum Gasteiger partial charge on any atom is -0.352 e. The second-order valence-electron chi connectivity index (χ2n) is 6.99. The zero-order chi connectivity index (χ0) is 19.1. The second-order valence-corrected chi connectivity index (χ2v) is 7.25. The highest BCUT2D eigenvalue weighted by Crippen LogP contribution is 2.13. The SMILES string of the molecule is CC(C)=CCC/C(C)=C/CC/C(C)=C/CC/C(C)=C/CNC(=O)CCl. The van der Waals surface area contributed by atoms with E-state index in [0.717, 1.165) is 38.5 Å². The largest absolute Gasteiger partial charge is 0.352 e. The van der Waals surface area contributed by atoms with Gasteiger partial charge >= 0.3 is 0 Å². The van der Waals surface area contributed by atoms with E-state index in [2.05, 4.69) is 64.2 Å². The predicted octanol–water partition coefficient (Wildman–Crippen LogP) is 6.49. The molecule has 0 bridgehead atoms. The van der Waals surface area contributed by atoms with Gasteiger partial charge in [-0.15, -0.1) is 11.6 Å². The molecule has 25 heavy (non-hydrogen) atoms. The molecule has 0 unspecified atom stereocenters. The van der Waals surface area contributed by atoms with Crippen molar-refractivity contribution >= 4 is 17.5 Å². The zero-order valence-corrected chi connectivity index (χ0v) is 17.5. The van der Waals surface area contributed by atoms with E-state index >= 15 is 0 Å². The van der Waals surface area contributed by atoms with Gasteiger partial charge in [-0.25, -0.2) is 0 Å². The number of amides is 1. The minimum atomic E-state index is -0.120. The van der Waals surface area contributed by atoms with Gasteiger partial charge in [0.2, 0.25) is 5.91 Å². The van der Waals surface area contributed by atoms with E-state index < -0.39 is 0 Å². The van der Waals surface area contributed by atoms with Crippen LogP contribution in [-0.2, 0) is 4.79 Å². The maximum atomic E-state index is 11.0. The van der Waals surface area contributed by atoms with E-state index in [-0.39, 0.29) is 11.8 Å². The fourth-order valence-corrected chi connectivity index (χ4v) is 2.47. The molecule has 3 heteroatoms. The first kappa shape index (κ1) is 23.7. The number of carbonyl (C=O) groups is 1. The quantitative estimate of drug-likeness (QED) is 0.311. The molecule has 142 valence electrons. The minimum absolute atomic E-state index is 0.0255. The molecule has 0 aliphatic heterocycles. The summed E-state index contributed by atoms with van der Waals surface area (Å²) < 4.78 is 0. The summed E-state index contributed by atoms with van der Waals surface area (Å²) in [5.41, 5.74) is 5.64. The average molecular weight is 366 g/mol. The van der Waals surface area contributed by atoms with Gasteiger partial charge in [0.15, 0.2) is 0 Å². The highest BCUT2D eigenvalue weighted by molar-refractivity contribution is 6.27. The summed E-state index contributed by atoms with van der Waals surface area (Å²) in [6.45, 7) is 11.4. The number of halogens is 1. The topological polar surface area (TPSA) is 29.1 Å². The van der Waals surface area contributed by atoms with E-state index in [9.17, 15) is 4.79 Å². The third kappa shape index (κ3) is 16.0. The molecule has 0 saturated heterocycles. The molecule has 0 aliphatic carbocycles. The lowest BCUT2D eigenvalue weighted by Gasteiger charge is -2.03. The van der Waals surface area contributed by atoms with Crippen LogP contribution in [0.3, 0.4) is 0 Å².